The number of nitrogens with zero attached hydrogens (tertiary/aromatic N) is 6. The molecule has 1 atom stereocenters. The first-order valence-corrected chi connectivity index (χ1v) is 11.6. The van der Waals surface area contributed by atoms with E-state index in [1.54, 1.807) is 30.0 Å². The highest BCUT2D eigenvalue weighted by atomic mass is 19.1. The lowest BCUT2D eigenvalue weighted by atomic mass is 10.1. The third kappa shape index (κ3) is 3.91. The van der Waals surface area contributed by atoms with Crippen LogP contribution in [-0.4, -0.2) is 69.0 Å². The van der Waals surface area contributed by atoms with Gasteiger partial charge in [0.05, 0.1) is 24.6 Å². The van der Waals surface area contributed by atoms with Gasteiger partial charge in [-0.1, -0.05) is 0 Å². The fraction of sp³-hybridized carbons (Fsp3) is 0.375. The number of anilines is 3. The van der Waals surface area contributed by atoms with E-state index in [0.29, 0.717) is 29.5 Å². The van der Waals surface area contributed by atoms with E-state index >= 15 is 0 Å². The molecule has 35 heavy (non-hydrogen) atoms. The van der Waals surface area contributed by atoms with Crippen molar-refractivity contribution in [3.63, 3.8) is 0 Å². The van der Waals surface area contributed by atoms with Crippen molar-refractivity contribution in [1.82, 2.24) is 24.6 Å². The number of fused-ring (bicyclic) bond motifs is 2. The molecule has 180 valence electrons. The van der Waals surface area contributed by atoms with Crippen molar-refractivity contribution >= 4 is 39.6 Å². The summed E-state index contributed by atoms with van der Waals surface area (Å²) in [6.45, 7) is 4.39. The van der Waals surface area contributed by atoms with Gasteiger partial charge < -0.3 is 20.3 Å². The number of rotatable bonds is 5. The molecule has 2 fully saturated rings. The lowest BCUT2D eigenvalue weighted by Crippen LogP contribution is -2.41. The number of hydrogen-bond donors (Lipinski definition) is 2. The molecule has 6 rings (SSSR count). The molecule has 0 spiro atoms. The highest BCUT2D eigenvalue weighted by molar-refractivity contribution is 6.04. The van der Waals surface area contributed by atoms with E-state index in [1.165, 1.54) is 0 Å². The number of pyridine rings is 3. The fourth-order valence-electron chi connectivity index (χ4n) is 4.37. The van der Waals surface area contributed by atoms with Crippen LogP contribution in [0.15, 0.2) is 36.8 Å². The third-order valence-electron chi connectivity index (χ3n) is 6.51. The second kappa shape index (κ2) is 8.12. The molecular weight excluding hydrogens is 451 g/mol. The summed E-state index contributed by atoms with van der Waals surface area (Å²) < 4.78 is 21.6. The van der Waals surface area contributed by atoms with Gasteiger partial charge >= 0.3 is 0 Å². The average Bonchev–Trinajstić information content (AvgIpc) is 3.48. The number of amides is 1. The molecule has 0 bridgehead atoms. The Morgan fingerprint density at radius 2 is 2.09 bits per heavy atom. The first-order chi connectivity index (χ1) is 16.9. The Bertz CT molecular complexity index is 1450. The van der Waals surface area contributed by atoms with Gasteiger partial charge in [0, 0.05) is 48.9 Å². The van der Waals surface area contributed by atoms with Gasteiger partial charge in [0.15, 0.2) is 17.1 Å². The normalized spacial score (nSPS) is 19.2. The van der Waals surface area contributed by atoms with E-state index in [0.717, 1.165) is 29.5 Å². The predicted molar refractivity (Wildman–Crippen MR) is 130 cm³/mol. The SMILES string of the molecule is CNc1ncc(-c2nc3ccc(N4CCOC(C)C4)cn3n2)c2cc(NC(=O)C3(F)CC3)ncc12. The highest BCUT2D eigenvalue weighted by Crippen LogP contribution is 2.41. The topological polar surface area (TPSA) is 110 Å². The third-order valence-corrected chi connectivity index (χ3v) is 6.51. The van der Waals surface area contributed by atoms with Crippen LogP contribution in [0.3, 0.4) is 0 Å². The van der Waals surface area contributed by atoms with E-state index in [1.807, 2.05) is 18.3 Å². The maximum absolute atomic E-state index is 14.2. The number of aromatic nitrogens is 5. The number of morpholine rings is 1. The van der Waals surface area contributed by atoms with Gasteiger partial charge in [0.25, 0.3) is 5.91 Å². The van der Waals surface area contributed by atoms with Crippen LogP contribution in [0.4, 0.5) is 21.7 Å². The lowest BCUT2D eigenvalue weighted by molar-refractivity contribution is -0.122. The number of ether oxygens (including phenoxy) is 1. The van der Waals surface area contributed by atoms with Crippen LogP contribution >= 0.6 is 0 Å². The molecule has 0 radical (unpaired) electrons. The van der Waals surface area contributed by atoms with Crippen molar-refractivity contribution in [3.8, 4) is 11.4 Å². The summed E-state index contributed by atoms with van der Waals surface area (Å²) >= 11 is 0. The van der Waals surface area contributed by atoms with Gasteiger partial charge in [-0.15, -0.1) is 5.10 Å². The maximum Gasteiger partial charge on any atom is 0.263 e. The lowest BCUT2D eigenvalue weighted by Gasteiger charge is -2.32. The zero-order chi connectivity index (χ0) is 24.2. The Labute approximate surface area is 200 Å². The van der Waals surface area contributed by atoms with Gasteiger partial charge in [-0.25, -0.2) is 23.9 Å². The molecule has 1 unspecified atom stereocenters. The van der Waals surface area contributed by atoms with Crippen LogP contribution < -0.4 is 15.5 Å². The van der Waals surface area contributed by atoms with Crippen LogP contribution in [-0.2, 0) is 9.53 Å². The van der Waals surface area contributed by atoms with Gasteiger partial charge in [-0.05, 0) is 38.0 Å². The maximum atomic E-state index is 14.2. The molecule has 4 aromatic heterocycles. The molecule has 2 aliphatic rings. The van der Waals surface area contributed by atoms with Crippen molar-refractivity contribution in [3.05, 3.63) is 36.8 Å². The first-order valence-electron chi connectivity index (χ1n) is 11.6. The largest absolute Gasteiger partial charge is 0.375 e. The summed E-state index contributed by atoms with van der Waals surface area (Å²) in [4.78, 5) is 28.0. The van der Waals surface area contributed by atoms with E-state index < -0.39 is 11.6 Å². The fourth-order valence-corrected chi connectivity index (χ4v) is 4.37. The van der Waals surface area contributed by atoms with E-state index in [-0.39, 0.29) is 24.8 Å². The number of carbonyl (C=O) groups is 1. The van der Waals surface area contributed by atoms with Crippen molar-refractivity contribution in [2.45, 2.75) is 31.5 Å². The Balaban J connectivity index is 1.40. The van der Waals surface area contributed by atoms with Crippen LogP contribution in [0.2, 0.25) is 0 Å². The molecule has 1 saturated carbocycles. The van der Waals surface area contributed by atoms with Crippen LogP contribution in [0.1, 0.15) is 19.8 Å². The molecule has 1 amide bonds. The van der Waals surface area contributed by atoms with Gasteiger partial charge in [0.1, 0.15) is 11.6 Å². The van der Waals surface area contributed by atoms with E-state index in [2.05, 4.69) is 32.4 Å². The zero-order valence-electron chi connectivity index (χ0n) is 19.5. The summed E-state index contributed by atoms with van der Waals surface area (Å²) in [6, 6.07) is 5.69. The number of alkyl halides is 1. The Hall–Kier alpha value is -3.86. The standard InChI is InChI=1S/C24H25FN8O2/c1-14-12-32(7-8-35-14)15-3-4-20-30-22(31-33(20)13-15)18-11-28-21(26-2)17-10-27-19(9-16(17)18)29-23(34)24(25)5-6-24/h3-4,9-11,13-14H,5-8,12H2,1-2H3,(H,26,28)(H,27,29,34). The van der Waals surface area contributed by atoms with Gasteiger partial charge in [-0.3, -0.25) is 4.79 Å². The van der Waals surface area contributed by atoms with E-state index in [9.17, 15) is 9.18 Å². The molecule has 1 aliphatic carbocycles. The van der Waals surface area contributed by atoms with Crippen LogP contribution in [0, 0.1) is 0 Å². The Kier molecular flexibility index (Phi) is 5.03. The number of halogens is 1. The molecule has 2 N–H and O–H groups in total. The molecule has 0 aromatic carbocycles. The Morgan fingerprint density at radius 3 is 2.86 bits per heavy atom. The molecule has 4 aromatic rings. The quantitative estimate of drug-likeness (QED) is 0.452. The molecule has 11 heteroatoms. The highest BCUT2D eigenvalue weighted by Gasteiger charge is 2.51. The van der Waals surface area contributed by atoms with Crippen molar-refractivity contribution in [1.29, 1.82) is 0 Å². The smallest absolute Gasteiger partial charge is 0.263 e. The summed E-state index contributed by atoms with van der Waals surface area (Å²) in [5.41, 5.74) is 0.648. The summed E-state index contributed by atoms with van der Waals surface area (Å²) in [5.74, 6) is 0.731. The van der Waals surface area contributed by atoms with Gasteiger partial charge in [-0.2, -0.15) is 0 Å². The number of nitrogens with one attached hydrogen (secondary N) is 2. The van der Waals surface area contributed by atoms with Crippen LogP contribution in [0.25, 0.3) is 27.8 Å². The molecule has 5 heterocycles. The van der Waals surface area contributed by atoms with Crippen LogP contribution in [0.5, 0.6) is 0 Å². The summed E-state index contributed by atoms with van der Waals surface area (Å²) in [7, 11) is 1.77. The second-order valence-corrected chi connectivity index (χ2v) is 9.06. The predicted octanol–water partition coefficient (Wildman–Crippen LogP) is 3.05. The summed E-state index contributed by atoms with van der Waals surface area (Å²) in [6.07, 6.45) is 5.91. The van der Waals surface area contributed by atoms with E-state index in [4.69, 9.17) is 14.8 Å². The van der Waals surface area contributed by atoms with Crippen molar-refractivity contribution in [2.24, 2.45) is 0 Å². The minimum Gasteiger partial charge on any atom is -0.375 e. The number of hydrogen-bond acceptors (Lipinski definition) is 8. The molecular formula is C24H25FN8O2. The summed E-state index contributed by atoms with van der Waals surface area (Å²) in [5, 5.41) is 11.9. The second-order valence-electron chi connectivity index (χ2n) is 9.06. The monoisotopic (exact) mass is 476 g/mol. The average molecular weight is 477 g/mol. The molecule has 1 saturated heterocycles. The molecule has 1 aliphatic heterocycles. The van der Waals surface area contributed by atoms with Crippen molar-refractivity contribution in [2.75, 3.05) is 42.3 Å². The van der Waals surface area contributed by atoms with Gasteiger partial charge in [0.2, 0.25) is 0 Å². The van der Waals surface area contributed by atoms with Crippen molar-refractivity contribution < 1.29 is 13.9 Å². The molecule has 10 nitrogen and oxygen atoms in total. The minimum atomic E-state index is -1.78. The Morgan fingerprint density at radius 1 is 1.23 bits per heavy atom. The first kappa shape index (κ1) is 21.7. The zero-order valence-corrected chi connectivity index (χ0v) is 19.5. The number of carbonyl (C=O) groups excluding carboxylic acids is 1. The minimum absolute atomic E-state index is 0.171.